The van der Waals surface area contributed by atoms with Crippen LogP contribution < -0.4 is 15.0 Å². The molecule has 2 aromatic rings. The molecule has 1 atom stereocenters. The predicted octanol–water partition coefficient (Wildman–Crippen LogP) is 1.37. The molecular weight excluding hydrogens is 312 g/mol. The van der Waals surface area contributed by atoms with Crippen molar-refractivity contribution in [1.82, 2.24) is 15.5 Å². The molecule has 0 bridgehead atoms. The van der Waals surface area contributed by atoms with Crippen LogP contribution in [0.3, 0.4) is 0 Å². The average molecular weight is 330 g/mol. The molecule has 8 heteroatoms. The van der Waals surface area contributed by atoms with Gasteiger partial charge in [-0.3, -0.25) is 9.59 Å². The van der Waals surface area contributed by atoms with E-state index in [2.05, 4.69) is 15.5 Å². The van der Waals surface area contributed by atoms with Crippen LogP contribution >= 0.6 is 0 Å². The van der Waals surface area contributed by atoms with E-state index >= 15 is 0 Å². The molecule has 1 aliphatic rings. The number of aryl methyl sites for hydroxylation is 1. The van der Waals surface area contributed by atoms with Gasteiger partial charge in [0, 0.05) is 13.0 Å². The van der Waals surface area contributed by atoms with Gasteiger partial charge in [-0.25, -0.2) is 0 Å². The van der Waals surface area contributed by atoms with Crippen molar-refractivity contribution in [1.29, 1.82) is 0 Å². The van der Waals surface area contributed by atoms with E-state index < -0.39 is 0 Å². The van der Waals surface area contributed by atoms with Crippen molar-refractivity contribution in [2.24, 2.45) is 0 Å². The Morgan fingerprint density at radius 1 is 1.42 bits per heavy atom. The number of nitrogens with zero attached hydrogens (tertiary/aromatic N) is 3. The number of ether oxygens (including phenoxy) is 1. The van der Waals surface area contributed by atoms with E-state index in [1.807, 2.05) is 12.1 Å². The molecule has 1 aliphatic heterocycles. The Labute approximate surface area is 138 Å². The molecule has 2 amide bonds. The second kappa shape index (κ2) is 6.69. The molecule has 0 aliphatic carbocycles. The zero-order valence-corrected chi connectivity index (χ0v) is 13.5. The Bertz CT molecular complexity index is 758. The fraction of sp³-hybridized carbons (Fsp3) is 0.375. The summed E-state index contributed by atoms with van der Waals surface area (Å²) in [6, 6.07) is 6.89. The second-order valence-electron chi connectivity index (χ2n) is 5.52. The third-order valence-electron chi connectivity index (χ3n) is 3.66. The summed E-state index contributed by atoms with van der Waals surface area (Å²) in [6.45, 7) is 3.74. The standard InChI is InChI=1S/C16H18N4O4/c1-10(16-18-11(2)19-24-16)17-14(21)7-8-20-12-5-3-4-6-13(12)23-9-15(20)22/h3-6,10H,7-9H2,1-2H3,(H,17,21)/t10-/m0/s1. The Kier molecular flexibility index (Phi) is 4.45. The van der Waals surface area contributed by atoms with Crippen LogP contribution in [0.1, 0.15) is 31.1 Å². The highest BCUT2D eigenvalue weighted by Gasteiger charge is 2.25. The maximum absolute atomic E-state index is 12.1. The number of aromatic nitrogens is 2. The van der Waals surface area contributed by atoms with E-state index in [1.54, 1.807) is 30.9 Å². The van der Waals surface area contributed by atoms with E-state index in [1.165, 1.54) is 0 Å². The molecule has 1 aromatic heterocycles. The van der Waals surface area contributed by atoms with Crippen LogP contribution in [0.25, 0.3) is 0 Å². The number of amides is 2. The predicted molar refractivity (Wildman–Crippen MR) is 84.5 cm³/mol. The van der Waals surface area contributed by atoms with Crippen molar-refractivity contribution >= 4 is 17.5 Å². The third kappa shape index (κ3) is 3.37. The van der Waals surface area contributed by atoms with Gasteiger partial charge in [-0.2, -0.15) is 4.98 Å². The molecule has 0 radical (unpaired) electrons. The number of para-hydroxylation sites is 2. The molecule has 0 fully saturated rings. The van der Waals surface area contributed by atoms with Crippen LogP contribution in [0.5, 0.6) is 5.75 Å². The molecule has 24 heavy (non-hydrogen) atoms. The average Bonchev–Trinajstić information content (AvgIpc) is 3.00. The van der Waals surface area contributed by atoms with Gasteiger partial charge in [0.2, 0.25) is 11.8 Å². The van der Waals surface area contributed by atoms with Crippen LogP contribution in [-0.2, 0) is 9.59 Å². The van der Waals surface area contributed by atoms with Crippen LogP contribution in [0.15, 0.2) is 28.8 Å². The first-order valence-electron chi connectivity index (χ1n) is 7.66. The number of fused-ring (bicyclic) bond motifs is 1. The summed E-state index contributed by atoms with van der Waals surface area (Å²) in [5.41, 5.74) is 0.683. The maximum Gasteiger partial charge on any atom is 0.265 e. The van der Waals surface area contributed by atoms with Gasteiger partial charge in [-0.15, -0.1) is 0 Å². The maximum atomic E-state index is 12.1. The smallest absolute Gasteiger partial charge is 0.265 e. The van der Waals surface area contributed by atoms with Crippen molar-refractivity contribution in [3.8, 4) is 5.75 Å². The minimum atomic E-state index is -0.383. The highest BCUT2D eigenvalue weighted by molar-refractivity contribution is 5.98. The fourth-order valence-electron chi connectivity index (χ4n) is 2.48. The number of anilines is 1. The number of hydrogen-bond acceptors (Lipinski definition) is 6. The van der Waals surface area contributed by atoms with Gasteiger partial charge in [0.15, 0.2) is 12.4 Å². The minimum absolute atomic E-state index is 0.0176. The van der Waals surface area contributed by atoms with Crippen molar-refractivity contribution < 1.29 is 18.8 Å². The van der Waals surface area contributed by atoms with E-state index in [9.17, 15) is 9.59 Å². The van der Waals surface area contributed by atoms with Gasteiger partial charge >= 0.3 is 0 Å². The number of carbonyl (C=O) groups is 2. The summed E-state index contributed by atoms with van der Waals surface area (Å²) in [4.78, 5) is 29.8. The van der Waals surface area contributed by atoms with Gasteiger partial charge in [0.05, 0.1) is 5.69 Å². The SMILES string of the molecule is Cc1noc([C@H](C)NC(=O)CCN2C(=O)COc3ccccc32)n1. The molecule has 0 saturated heterocycles. The summed E-state index contributed by atoms with van der Waals surface area (Å²) >= 11 is 0. The lowest BCUT2D eigenvalue weighted by molar-refractivity contribution is -0.122. The van der Waals surface area contributed by atoms with Gasteiger partial charge in [0.25, 0.3) is 5.91 Å². The first kappa shape index (κ1) is 16.0. The monoisotopic (exact) mass is 330 g/mol. The molecular formula is C16H18N4O4. The molecule has 126 valence electrons. The highest BCUT2D eigenvalue weighted by atomic mass is 16.5. The van der Waals surface area contributed by atoms with Crippen molar-refractivity contribution in [3.63, 3.8) is 0 Å². The molecule has 3 rings (SSSR count). The van der Waals surface area contributed by atoms with Crippen molar-refractivity contribution in [2.45, 2.75) is 26.3 Å². The summed E-state index contributed by atoms with van der Waals surface area (Å²) in [5, 5.41) is 6.48. The minimum Gasteiger partial charge on any atom is -0.482 e. The summed E-state index contributed by atoms with van der Waals surface area (Å²) in [6.07, 6.45) is 0.164. The van der Waals surface area contributed by atoms with E-state index in [-0.39, 0.29) is 37.4 Å². The normalized spacial score (nSPS) is 14.8. The largest absolute Gasteiger partial charge is 0.482 e. The number of hydrogen-bond donors (Lipinski definition) is 1. The van der Waals surface area contributed by atoms with Crippen LogP contribution in [-0.4, -0.2) is 35.1 Å². The molecule has 1 N–H and O–H groups in total. The molecule has 2 heterocycles. The van der Waals surface area contributed by atoms with E-state index in [0.717, 1.165) is 0 Å². The van der Waals surface area contributed by atoms with Crippen LogP contribution in [0.4, 0.5) is 5.69 Å². The number of benzene rings is 1. The topological polar surface area (TPSA) is 97.6 Å². The quantitative estimate of drug-likeness (QED) is 0.889. The second-order valence-corrected chi connectivity index (χ2v) is 5.52. The lowest BCUT2D eigenvalue weighted by Crippen LogP contribution is -2.41. The molecule has 0 saturated carbocycles. The number of carbonyl (C=O) groups excluding carboxylic acids is 2. The van der Waals surface area contributed by atoms with E-state index in [0.29, 0.717) is 23.2 Å². The van der Waals surface area contributed by atoms with Gasteiger partial charge in [-0.1, -0.05) is 17.3 Å². The van der Waals surface area contributed by atoms with Gasteiger partial charge in [-0.05, 0) is 26.0 Å². The van der Waals surface area contributed by atoms with Crippen LogP contribution in [0, 0.1) is 6.92 Å². The molecule has 0 spiro atoms. The zero-order chi connectivity index (χ0) is 17.1. The summed E-state index contributed by atoms with van der Waals surface area (Å²) in [7, 11) is 0. The lowest BCUT2D eigenvalue weighted by atomic mass is 10.2. The Hall–Kier alpha value is -2.90. The van der Waals surface area contributed by atoms with Gasteiger partial charge in [0.1, 0.15) is 11.8 Å². The lowest BCUT2D eigenvalue weighted by Gasteiger charge is -2.29. The van der Waals surface area contributed by atoms with Crippen molar-refractivity contribution in [2.75, 3.05) is 18.1 Å². The third-order valence-corrected chi connectivity index (χ3v) is 3.66. The Balaban J connectivity index is 1.59. The Morgan fingerprint density at radius 2 is 2.21 bits per heavy atom. The van der Waals surface area contributed by atoms with Crippen molar-refractivity contribution in [3.05, 3.63) is 36.0 Å². The Morgan fingerprint density at radius 3 is 2.96 bits per heavy atom. The summed E-state index contributed by atoms with van der Waals surface area (Å²) < 4.78 is 10.4. The first-order valence-corrected chi connectivity index (χ1v) is 7.66. The number of rotatable bonds is 5. The molecule has 8 nitrogen and oxygen atoms in total. The zero-order valence-electron chi connectivity index (χ0n) is 13.5. The number of nitrogens with one attached hydrogen (secondary N) is 1. The summed E-state index contributed by atoms with van der Waals surface area (Å²) in [5.74, 6) is 1.15. The van der Waals surface area contributed by atoms with Gasteiger partial charge < -0.3 is 19.5 Å². The molecule has 1 aromatic carbocycles. The highest BCUT2D eigenvalue weighted by Crippen LogP contribution is 2.31. The first-order chi connectivity index (χ1) is 11.5. The molecule has 0 unspecified atom stereocenters. The van der Waals surface area contributed by atoms with Crippen LogP contribution in [0.2, 0.25) is 0 Å². The van der Waals surface area contributed by atoms with E-state index in [4.69, 9.17) is 9.26 Å². The fourth-order valence-corrected chi connectivity index (χ4v) is 2.48.